The lowest BCUT2D eigenvalue weighted by Gasteiger charge is -2.30. The fraction of sp³-hybridized carbons (Fsp3) is 0.458. The first-order chi connectivity index (χ1) is 12.6. The van der Waals surface area contributed by atoms with E-state index in [0.717, 1.165) is 34.9 Å². The van der Waals surface area contributed by atoms with Gasteiger partial charge in [-0.05, 0) is 73.1 Å². The molecule has 0 aliphatic rings. The molecule has 146 valence electrons. The van der Waals surface area contributed by atoms with Crippen LogP contribution in [0.15, 0.2) is 41.4 Å². The van der Waals surface area contributed by atoms with Crippen LogP contribution in [0.25, 0.3) is 0 Å². The van der Waals surface area contributed by atoms with Gasteiger partial charge in [0.1, 0.15) is 11.5 Å². The average molecular weight is 367 g/mol. The predicted octanol–water partition coefficient (Wildman–Crippen LogP) is 6.64. The molecule has 0 radical (unpaired) electrons. The second kappa shape index (κ2) is 8.60. The molecule has 27 heavy (non-hydrogen) atoms. The zero-order chi connectivity index (χ0) is 20.2. The van der Waals surface area contributed by atoms with Gasteiger partial charge < -0.3 is 9.64 Å². The minimum Gasteiger partial charge on any atom is -0.457 e. The van der Waals surface area contributed by atoms with Gasteiger partial charge in [0.15, 0.2) is 0 Å². The van der Waals surface area contributed by atoms with Crippen LogP contribution in [-0.4, -0.2) is 24.8 Å². The van der Waals surface area contributed by atoms with Gasteiger partial charge in [-0.15, -0.1) is 0 Å². The van der Waals surface area contributed by atoms with E-state index in [-0.39, 0.29) is 5.41 Å². The van der Waals surface area contributed by atoms with Crippen molar-refractivity contribution in [2.75, 3.05) is 13.6 Å². The Morgan fingerprint density at radius 2 is 1.81 bits per heavy atom. The van der Waals surface area contributed by atoms with Gasteiger partial charge in [0.25, 0.3) is 0 Å². The largest absolute Gasteiger partial charge is 0.457 e. The van der Waals surface area contributed by atoms with Gasteiger partial charge in [-0.25, -0.2) is 4.99 Å². The number of nitrogens with zero attached hydrogens (tertiary/aromatic N) is 2. The molecule has 2 aromatic rings. The highest BCUT2D eigenvalue weighted by Gasteiger charge is 2.25. The quantitative estimate of drug-likeness (QED) is 0.405. The Balaban J connectivity index is 2.28. The maximum Gasteiger partial charge on any atom is 0.130 e. The molecule has 0 atom stereocenters. The Morgan fingerprint density at radius 3 is 2.44 bits per heavy atom. The van der Waals surface area contributed by atoms with Crippen LogP contribution in [0.4, 0.5) is 5.69 Å². The van der Waals surface area contributed by atoms with E-state index in [0.29, 0.717) is 5.92 Å². The number of hydrogen-bond donors (Lipinski definition) is 0. The van der Waals surface area contributed by atoms with Crippen molar-refractivity contribution in [2.45, 2.75) is 53.9 Å². The molecule has 0 amide bonds. The van der Waals surface area contributed by atoms with Gasteiger partial charge in [-0.1, -0.05) is 39.8 Å². The lowest BCUT2D eigenvalue weighted by Crippen LogP contribution is -2.24. The maximum atomic E-state index is 6.25. The smallest absolute Gasteiger partial charge is 0.130 e. The molecule has 3 heteroatoms. The summed E-state index contributed by atoms with van der Waals surface area (Å²) in [5, 5.41) is 0. The molecule has 0 saturated heterocycles. The Hall–Kier alpha value is -2.29. The van der Waals surface area contributed by atoms with Crippen molar-refractivity contribution in [3.63, 3.8) is 0 Å². The standard InChI is InChI=1S/C24H34N2O/c1-9-26(8)16-25-22-13-19(5)23(14-18(22)4)27-21-12-10-11-20(15-21)24(6,7)17(2)3/h10-17H,9H2,1-8H3/b25-16-. The van der Waals surface area contributed by atoms with Gasteiger partial charge >= 0.3 is 0 Å². The number of aryl methyl sites for hydroxylation is 2. The first-order valence-corrected chi connectivity index (χ1v) is 9.79. The van der Waals surface area contributed by atoms with Crippen LogP contribution in [0.2, 0.25) is 0 Å². The Morgan fingerprint density at radius 1 is 1.11 bits per heavy atom. The fourth-order valence-corrected chi connectivity index (χ4v) is 2.69. The van der Waals surface area contributed by atoms with Crippen molar-refractivity contribution >= 4 is 12.0 Å². The van der Waals surface area contributed by atoms with Crippen molar-refractivity contribution < 1.29 is 4.74 Å². The number of aliphatic imine (C=N–C) groups is 1. The minimum absolute atomic E-state index is 0.105. The van der Waals surface area contributed by atoms with E-state index in [1.165, 1.54) is 5.56 Å². The molecule has 0 aliphatic carbocycles. The molecule has 0 fully saturated rings. The lowest BCUT2D eigenvalue weighted by molar-refractivity contribution is 0.370. The van der Waals surface area contributed by atoms with Crippen molar-refractivity contribution in [1.82, 2.24) is 4.90 Å². The molecule has 0 spiro atoms. The number of hydrogen-bond acceptors (Lipinski definition) is 2. The summed E-state index contributed by atoms with van der Waals surface area (Å²) in [6.07, 6.45) is 1.87. The highest BCUT2D eigenvalue weighted by atomic mass is 16.5. The first-order valence-electron chi connectivity index (χ1n) is 9.79. The first kappa shape index (κ1) is 21.0. The second-order valence-corrected chi connectivity index (χ2v) is 8.23. The fourth-order valence-electron chi connectivity index (χ4n) is 2.69. The zero-order valence-corrected chi connectivity index (χ0v) is 18.1. The summed E-state index contributed by atoms with van der Waals surface area (Å²) in [5.41, 5.74) is 4.58. The van der Waals surface area contributed by atoms with Crippen LogP contribution in [0.5, 0.6) is 11.5 Å². The van der Waals surface area contributed by atoms with E-state index in [1.807, 2.05) is 19.5 Å². The van der Waals surface area contributed by atoms with E-state index in [9.17, 15) is 0 Å². The third-order valence-corrected chi connectivity index (χ3v) is 5.64. The monoisotopic (exact) mass is 366 g/mol. The molecule has 2 rings (SSSR count). The maximum absolute atomic E-state index is 6.25. The summed E-state index contributed by atoms with van der Waals surface area (Å²) < 4.78 is 6.25. The number of ether oxygens (including phenoxy) is 1. The Kier molecular flexibility index (Phi) is 6.69. The SMILES string of the molecule is CCN(C)/C=N\c1cc(C)c(Oc2cccc(C(C)(C)C(C)C)c2)cc1C. The van der Waals surface area contributed by atoms with Crippen molar-refractivity contribution in [3.8, 4) is 11.5 Å². The van der Waals surface area contributed by atoms with Gasteiger partial charge in [-0.2, -0.15) is 0 Å². The van der Waals surface area contributed by atoms with E-state index < -0.39 is 0 Å². The van der Waals surface area contributed by atoms with Gasteiger partial charge in [0.2, 0.25) is 0 Å². The van der Waals surface area contributed by atoms with Crippen molar-refractivity contribution in [3.05, 3.63) is 53.1 Å². The van der Waals surface area contributed by atoms with Crippen LogP contribution in [0.1, 0.15) is 51.3 Å². The molecule has 0 N–H and O–H groups in total. The molecule has 3 nitrogen and oxygen atoms in total. The summed E-state index contributed by atoms with van der Waals surface area (Å²) in [4.78, 5) is 6.65. The summed E-state index contributed by atoms with van der Waals surface area (Å²) >= 11 is 0. The number of rotatable bonds is 7. The van der Waals surface area contributed by atoms with E-state index in [2.05, 4.69) is 88.7 Å². The van der Waals surface area contributed by atoms with E-state index >= 15 is 0 Å². The van der Waals surface area contributed by atoms with Crippen LogP contribution >= 0.6 is 0 Å². The van der Waals surface area contributed by atoms with E-state index in [4.69, 9.17) is 4.74 Å². The molecule has 0 heterocycles. The van der Waals surface area contributed by atoms with Crippen LogP contribution in [0.3, 0.4) is 0 Å². The molecule has 0 aromatic heterocycles. The van der Waals surface area contributed by atoms with Gasteiger partial charge in [0, 0.05) is 13.6 Å². The molecular formula is C24H34N2O. The molecule has 0 bridgehead atoms. The van der Waals surface area contributed by atoms with Gasteiger partial charge in [-0.3, -0.25) is 0 Å². The third-order valence-electron chi connectivity index (χ3n) is 5.64. The van der Waals surface area contributed by atoms with Crippen molar-refractivity contribution in [2.24, 2.45) is 10.9 Å². The molecule has 0 saturated carbocycles. The molecule has 0 aliphatic heterocycles. The highest BCUT2D eigenvalue weighted by Crippen LogP contribution is 2.36. The van der Waals surface area contributed by atoms with Crippen molar-refractivity contribution in [1.29, 1.82) is 0 Å². The van der Waals surface area contributed by atoms with Crippen LogP contribution in [0, 0.1) is 19.8 Å². The third kappa shape index (κ3) is 5.12. The highest BCUT2D eigenvalue weighted by molar-refractivity contribution is 5.64. The summed E-state index contributed by atoms with van der Waals surface area (Å²) in [6.45, 7) is 16.3. The molecule has 2 aromatic carbocycles. The Labute approximate surface area is 165 Å². The van der Waals surface area contributed by atoms with E-state index in [1.54, 1.807) is 0 Å². The lowest BCUT2D eigenvalue weighted by atomic mass is 9.75. The summed E-state index contributed by atoms with van der Waals surface area (Å²) in [5.74, 6) is 2.32. The second-order valence-electron chi connectivity index (χ2n) is 8.23. The topological polar surface area (TPSA) is 24.8 Å². The van der Waals surface area contributed by atoms with Crippen LogP contribution in [-0.2, 0) is 5.41 Å². The summed E-state index contributed by atoms with van der Waals surface area (Å²) in [6, 6.07) is 12.6. The average Bonchev–Trinajstić information content (AvgIpc) is 2.63. The number of benzene rings is 2. The predicted molar refractivity (Wildman–Crippen MR) is 117 cm³/mol. The zero-order valence-electron chi connectivity index (χ0n) is 18.1. The normalized spacial score (nSPS) is 12.0. The van der Waals surface area contributed by atoms with Gasteiger partial charge in [0.05, 0.1) is 12.0 Å². The molecular weight excluding hydrogens is 332 g/mol. The summed E-state index contributed by atoms with van der Waals surface area (Å²) in [7, 11) is 2.02. The minimum atomic E-state index is 0.105. The van der Waals surface area contributed by atoms with Crippen LogP contribution < -0.4 is 4.74 Å². The molecule has 0 unspecified atom stereocenters. The Bertz CT molecular complexity index is 806.